The van der Waals surface area contributed by atoms with E-state index >= 15 is 0 Å². The zero-order chi connectivity index (χ0) is 18.6. The van der Waals surface area contributed by atoms with Crippen molar-refractivity contribution in [3.05, 3.63) is 51.7 Å². The van der Waals surface area contributed by atoms with Crippen LogP contribution in [0.2, 0.25) is 0 Å². The Morgan fingerprint density at radius 3 is 2.48 bits per heavy atom. The molecule has 0 aliphatic carbocycles. The highest BCUT2D eigenvalue weighted by atomic mass is 32.1. The van der Waals surface area contributed by atoms with Crippen molar-refractivity contribution < 1.29 is 9.59 Å². The van der Waals surface area contributed by atoms with Crippen LogP contribution in [0.25, 0.3) is 0 Å². The highest BCUT2D eigenvalue weighted by Gasteiger charge is 2.20. The molecule has 3 amide bonds. The molecule has 134 valence electrons. The van der Waals surface area contributed by atoms with E-state index in [-0.39, 0.29) is 24.0 Å². The van der Waals surface area contributed by atoms with E-state index in [1.165, 1.54) is 11.8 Å². The van der Waals surface area contributed by atoms with Gasteiger partial charge in [0.1, 0.15) is 0 Å². The minimum absolute atomic E-state index is 0.0108. The van der Waals surface area contributed by atoms with Crippen LogP contribution >= 0.6 is 11.3 Å². The average molecular weight is 359 g/mol. The molecule has 2 atom stereocenters. The molecule has 2 rings (SSSR count). The maximum absolute atomic E-state index is 12.6. The van der Waals surface area contributed by atoms with Crippen LogP contribution in [-0.2, 0) is 4.79 Å². The molecule has 1 aromatic heterocycles. The van der Waals surface area contributed by atoms with E-state index in [4.69, 9.17) is 0 Å². The quantitative estimate of drug-likeness (QED) is 0.827. The summed E-state index contributed by atoms with van der Waals surface area (Å²) in [4.78, 5) is 27.9. The number of urea groups is 1. The van der Waals surface area contributed by atoms with Gasteiger partial charge < -0.3 is 15.5 Å². The Labute approximate surface area is 153 Å². The van der Waals surface area contributed by atoms with Crippen LogP contribution in [-0.4, -0.2) is 23.9 Å². The first-order valence-electron chi connectivity index (χ1n) is 8.25. The second-order valence-corrected chi connectivity index (χ2v) is 7.53. The van der Waals surface area contributed by atoms with Crippen LogP contribution in [0.15, 0.2) is 36.4 Å². The molecule has 0 saturated carbocycles. The molecule has 0 aliphatic rings. The number of carbonyl (C=O) groups is 2. The second kappa shape index (κ2) is 8.16. The summed E-state index contributed by atoms with van der Waals surface area (Å²) in [5.41, 5.74) is 1.66. The van der Waals surface area contributed by atoms with Crippen molar-refractivity contribution in [2.45, 2.75) is 39.8 Å². The van der Waals surface area contributed by atoms with Crippen molar-refractivity contribution in [3.8, 4) is 0 Å². The third-order valence-electron chi connectivity index (χ3n) is 4.12. The second-order valence-electron chi connectivity index (χ2n) is 6.21. The van der Waals surface area contributed by atoms with Gasteiger partial charge in [-0.3, -0.25) is 4.79 Å². The van der Waals surface area contributed by atoms with E-state index in [0.29, 0.717) is 0 Å². The molecular formula is C19H25N3O2S. The highest BCUT2D eigenvalue weighted by molar-refractivity contribution is 7.12. The van der Waals surface area contributed by atoms with Crippen molar-refractivity contribution in [2.75, 3.05) is 12.4 Å². The number of hydrogen-bond donors (Lipinski definition) is 2. The predicted molar refractivity (Wildman–Crippen MR) is 103 cm³/mol. The number of anilines is 1. The van der Waals surface area contributed by atoms with Gasteiger partial charge in [0, 0.05) is 29.4 Å². The number of nitrogens with zero attached hydrogens (tertiary/aromatic N) is 1. The molecule has 0 saturated heterocycles. The van der Waals surface area contributed by atoms with Gasteiger partial charge in [-0.1, -0.05) is 12.1 Å². The van der Waals surface area contributed by atoms with Gasteiger partial charge in [-0.15, -0.1) is 11.3 Å². The van der Waals surface area contributed by atoms with Crippen LogP contribution in [0, 0.1) is 6.92 Å². The molecule has 2 N–H and O–H groups in total. The van der Waals surface area contributed by atoms with Gasteiger partial charge in [0.05, 0.1) is 12.1 Å². The van der Waals surface area contributed by atoms with Crippen LogP contribution in [0.3, 0.4) is 0 Å². The third kappa shape index (κ3) is 5.06. The molecule has 5 nitrogen and oxygen atoms in total. The lowest BCUT2D eigenvalue weighted by Gasteiger charge is -2.26. The number of rotatable bonds is 5. The molecule has 0 fully saturated rings. The average Bonchev–Trinajstić information content (AvgIpc) is 2.99. The maximum atomic E-state index is 12.6. The van der Waals surface area contributed by atoms with Crippen molar-refractivity contribution in [2.24, 2.45) is 0 Å². The Morgan fingerprint density at radius 1 is 1.16 bits per heavy atom. The standard InChI is InChI=1S/C19H25N3O2S/c1-12-9-10-18(25-12)14(3)22(5)19(24)20-13(2)16-7-6-8-17(11-16)21-15(4)23/h6-11,13-14H,1-5H3,(H,20,24)(H,21,23). The van der Waals surface area contributed by atoms with Crippen LogP contribution in [0.1, 0.15) is 48.2 Å². The van der Waals surface area contributed by atoms with Gasteiger partial charge in [0.15, 0.2) is 0 Å². The first-order valence-corrected chi connectivity index (χ1v) is 9.06. The zero-order valence-corrected chi connectivity index (χ0v) is 16.1. The van der Waals surface area contributed by atoms with Crippen molar-refractivity contribution in [1.29, 1.82) is 0 Å². The molecule has 1 heterocycles. The smallest absolute Gasteiger partial charge is 0.318 e. The van der Waals surface area contributed by atoms with E-state index in [1.807, 2.05) is 38.1 Å². The monoisotopic (exact) mass is 359 g/mol. The van der Waals surface area contributed by atoms with E-state index in [1.54, 1.807) is 23.3 Å². The fourth-order valence-corrected chi connectivity index (χ4v) is 3.48. The normalized spacial score (nSPS) is 13.0. The summed E-state index contributed by atoms with van der Waals surface area (Å²) in [5, 5.41) is 5.77. The largest absolute Gasteiger partial charge is 0.331 e. The summed E-state index contributed by atoms with van der Waals surface area (Å²) >= 11 is 1.70. The summed E-state index contributed by atoms with van der Waals surface area (Å²) in [6.45, 7) is 7.48. The molecular weight excluding hydrogens is 334 g/mol. The van der Waals surface area contributed by atoms with E-state index in [9.17, 15) is 9.59 Å². The third-order valence-corrected chi connectivity index (χ3v) is 5.29. The number of amides is 3. The predicted octanol–water partition coefficient (Wildman–Crippen LogP) is 4.48. The van der Waals surface area contributed by atoms with Gasteiger partial charge >= 0.3 is 6.03 Å². The summed E-state index contributed by atoms with van der Waals surface area (Å²) < 4.78 is 0. The Kier molecular flexibility index (Phi) is 6.20. The number of hydrogen-bond acceptors (Lipinski definition) is 3. The Hall–Kier alpha value is -2.34. The van der Waals surface area contributed by atoms with Crippen LogP contribution in [0.5, 0.6) is 0 Å². The molecule has 25 heavy (non-hydrogen) atoms. The molecule has 6 heteroatoms. The molecule has 2 aromatic rings. The first kappa shape index (κ1) is 19.0. The fourth-order valence-electron chi connectivity index (χ4n) is 2.50. The Bertz CT molecular complexity index is 757. The van der Waals surface area contributed by atoms with E-state index in [2.05, 4.69) is 29.7 Å². The fraction of sp³-hybridized carbons (Fsp3) is 0.368. The summed E-state index contributed by atoms with van der Waals surface area (Å²) in [6, 6.07) is 11.3. The molecule has 0 radical (unpaired) electrons. The molecule has 0 bridgehead atoms. The van der Waals surface area contributed by atoms with Crippen molar-refractivity contribution in [1.82, 2.24) is 10.2 Å². The van der Waals surface area contributed by atoms with Gasteiger partial charge in [-0.05, 0) is 50.6 Å². The minimum Gasteiger partial charge on any atom is -0.331 e. The molecule has 0 spiro atoms. The topological polar surface area (TPSA) is 61.4 Å². The Balaban J connectivity index is 2.02. The van der Waals surface area contributed by atoms with Gasteiger partial charge in [-0.25, -0.2) is 4.79 Å². The summed E-state index contributed by atoms with van der Waals surface area (Å²) in [5.74, 6) is -0.117. The lowest BCUT2D eigenvalue weighted by molar-refractivity contribution is -0.114. The zero-order valence-electron chi connectivity index (χ0n) is 15.3. The number of carbonyl (C=O) groups excluding carboxylic acids is 2. The SMILES string of the molecule is CC(=O)Nc1cccc(C(C)NC(=O)N(C)C(C)c2ccc(C)s2)c1. The number of benzene rings is 1. The number of nitrogens with one attached hydrogen (secondary N) is 2. The van der Waals surface area contributed by atoms with Gasteiger partial charge in [-0.2, -0.15) is 0 Å². The van der Waals surface area contributed by atoms with Crippen LogP contribution in [0.4, 0.5) is 10.5 Å². The Morgan fingerprint density at radius 2 is 1.88 bits per heavy atom. The van der Waals surface area contributed by atoms with E-state index < -0.39 is 0 Å². The minimum atomic E-state index is -0.166. The number of aryl methyl sites for hydroxylation is 1. The van der Waals surface area contributed by atoms with Gasteiger partial charge in [0.25, 0.3) is 0 Å². The molecule has 0 aliphatic heterocycles. The number of thiophene rings is 1. The first-order chi connectivity index (χ1) is 11.8. The lowest BCUT2D eigenvalue weighted by Crippen LogP contribution is -2.39. The van der Waals surface area contributed by atoms with E-state index in [0.717, 1.165) is 16.1 Å². The van der Waals surface area contributed by atoms with Crippen molar-refractivity contribution in [3.63, 3.8) is 0 Å². The summed E-state index contributed by atoms with van der Waals surface area (Å²) in [6.07, 6.45) is 0. The molecule has 1 aromatic carbocycles. The lowest BCUT2D eigenvalue weighted by atomic mass is 10.1. The molecule has 2 unspecified atom stereocenters. The highest BCUT2D eigenvalue weighted by Crippen LogP contribution is 2.26. The van der Waals surface area contributed by atoms with Gasteiger partial charge in [0.2, 0.25) is 5.91 Å². The van der Waals surface area contributed by atoms with Crippen molar-refractivity contribution >= 4 is 29.0 Å². The van der Waals surface area contributed by atoms with Crippen LogP contribution < -0.4 is 10.6 Å². The summed E-state index contributed by atoms with van der Waals surface area (Å²) in [7, 11) is 1.80. The maximum Gasteiger partial charge on any atom is 0.318 e.